The summed E-state index contributed by atoms with van der Waals surface area (Å²) in [7, 11) is 4.02. The number of aryl methyl sites for hydroxylation is 2. The highest BCUT2D eigenvalue weighted by molar-refractivity contribution is 5.73. The van der Waals surface area contributed by atoms with Crippen LogP contribution in [-0.4, -0.2) is 41.5 Å². The average molecular weight is 327 g/mol. The van der Waals surface area contributed by atoms with Crippen molar-refractivity contribution in [2.45, 2.75) is 26.4 Å². The maximum absolute atomic E-state index is 12.0. The third-order valence-corrected chi connectivity index (χ3v) is 3.81. The molecule has 1 atom stereocenters. The Morgan fingerprint density at radius 3 is 2.46 bits per heavy atom. The minimum Gasteiger partial charge on any atom is -0.336 e. The van der Waals surface area contributed by atoms with Gasteiger partial charge in [-0.3, -0.25) is 0 Å². The molecule has 1 aromatic heterocycles. The Bertz CT molecular complexity index is 669. The van der Waals surface area contributed by atoms with Crippen molar-refractivity contribution in [3.8, 4) is 0 Å². The summed E-state index contributed by atoms with van der Waals surface area (Å²) < 4.78 is 0. The predicted octanol–water partition coefficient (Wildman–Crippen LogP) is 2.20. The minimum absolute atomic E-state index is 0.123. The Balaban J connectivity index is 1.87. The van der Waals surface area contributed by atoms with Crippen LogP contribution in [0.5, 0.6) is 0 Å². The number of urea groups is 1. The zero-order valence-electron chi connectivity index (χ0n) is 14.7. The molecule has 0 aliphatic heterocycles. The number of hydrogen-bond acceptors (Lipinski definition) is 4. The van der Waals surface area contributed by atoms with Crippen LogP contribution in [-0.2, 0) is 6.54 Å². The Morgan fingerprint density at radius 1 is 1.12 bits per heavy atom. The van der Waals surface area contributed by atoms with Crippen LogP contribution in [0.4, 0.5) is 4.79 Å². The fraction of sp³-hybridized carbons (Fsp3) is 0.389. The molecule has 0 aliphatic rings. The Morgan fingerprint density at radius 2 is 1.83 bits per heavy atom. The van der Waals surface area contributed by atoms with Crippen LogP contribution in [0.2, 0.25) is 0 Å². The molecule has 2 amide bonds. The molecule has 0 radical (unpaired) electrons. The number of nitrogens with one attached hydrogen (secondary N) is 2. The first-order chi connectivity index (χ1) is 11.5. The van der Waals surface area contributed by atoms with Gasteiger partial charge in [0.2, 0.25) is 0 Å². The van der Waals surface area contributed by atoms with E-state index in [0.717, 1.165) is 5.69 Å². The van der Waals surface area contributed by atoms with Crippen LogP contribution >= 0.6 is 0 Å². The van der Waals surface area contributed by atoms with E-state index in [-0.39, 0.29) is 12.1 Å². The van der Waals surface area contributed by atoms with Crippen LogP contribution in [0.25, 0.3) is 0 Å². The number of aromatic nitrogens is 2. The molecule has 2 rings (SSSR count). The molecular weight excluding hydrogens is 302 g/mol. The molecule has 0 bridgehead atoms. The van der Waals surface area contributed by atoms with Gasteiger partial charge in [0.25, 0.3) is 0 Å². The van der Waals surface area contributed by atoms with Crippen molar-refractivity contribution in [3.05, 3.63) is 59.2 Å². The number of rotatable bonds is 6. The SMILES string of the molecule is Cc1ccc([C@@H](CNC(=O)NCc2ccnc(C)n2)N(C)C)cc1. The molecule has 0 unspecified atom stereocenters. The summed E-state index contributed by atoms with van der Waals surface area (Å²) in [5.41, 5.74) is 3.19. The number of hydrogen-bond donors (Lipinski definition) is 2. The second-order valence-corrected chi connectivity index (χ2v) is 6.05. The standard InChI is InChI=1S/C18H25N5O/c1-13-5-7-15(8-6-13)17(23(3)4)12-21-18(24)20-11-16-9-10-19-14(2)22-16/h5-10,17H,11-12H2,1-4H3,(H2,20,21,24)/t17-/m1/s1. The first kappa shape index (κ1) is 17.9. The Kier molecular flexibility index (Phi) is 6.26. The van der Waals surface area contributed by atoms with Gasteiger partial charge < -0.3 is 15.5 Å². The van der Waals surface area contributed by atoms with E-state index in [1.54, 1.807) is 12.3 Å². The summed E-state index contributed by atoms with van der Waals surface area (Å²) in [5.74, 6) is 0.696. The van der Waals surface area contributed by atoms with Gasteiger partial charge in [-0.05, 0) is 39.6 Å². The summed E-state index contributed by atoms with van der Waals surface area (Å²) in [6.07, 6.45) is 1.69. The summed E-state index contributed by atoms with van der Waals surface area (Å²) in [6, 6.07) is 10.1. The highest BCUT2D eigenvalue weighted by atomic mass is 16.2. The van der Waals surface area contributed by atoms with Gasteiger partial charge in [0.1, 0.15) is 5.82 Å². The van der Waals surface area contributed by atoms with E-state index in [2.05, 4.69) is 56.7 Å². The van der Waals surface area contributed by atoms with Crippen LogP contribution in [0, 0.1) is 13.8 Å². The molecule has 0 saturated carbocycles. The molecule has 0 aliphatic carbocycles. The lowest BCUT2D eigenvalue weighted by atomic mass is 10.0. The van der Waals surface area contributed by atoms with Crippen molar-refractivity contribution in [1.82, 2.24) is 25.5 Å². The van der Waals surface area contributed by atoms with E-state index in [1.165, 1.54) is 11.1 Å². The molecule has 0 fully saturated rings. The Hall–Kier alpha value is -2.47. The fourth-order valence-corrected chi connectivity index (χ4v) is 2.41. The van der Waals surface area contributed by atoms with Gasteiger partial charge in [0.05, 0.1) is 18.3 Å². The number of benzene rings is 1. The molecule has 0 spiro atoms. The average Bonchev–Trinajstić information content (AvgIpc) is 2.54. The lowest BCUT2D eigenvalue weighted by Gasteiger charge is -2.25. The lowest BCUT2D eigenvalue weighted by molar-refractivity contribution is 0.232. The molecule has 1 aromatic carbocycles. The number of nitrogens with zero attached hydrogens (tertiary/aromatic N) is 3. The molecule has 24 heavy (non-hydrogen) atoms. The van der Waals surface area contributed by atoms with Gasteiger partial charge in [-0.1, -0.05) is 29.8 Å². The van der Waals surface area contributed by atoms with Gasteiger partial charge >= 0.3 is 6.03 Å². The van der Waals surface area contributed by atoms with E-state index in [9.17, 15) is 4.79 Å². The zero-order valence-corrected chi connectivity index (χ0v) is 14.7. The summed E-state index contributed by atoms with van der Waals surface area (Å²) >= 11 is 0. The molecule has 2 N–H and O–H groups in total. The van der Waals surface area contributed by atoms with Gasteiger partial charge in [0, 0.05) is 12.7 Å². The highest BCUT2D eigenvalue weighted by Crippen LogP contribution is 2.17. The Labute approximate surface area is 143 Å². The fourth-order valence-electron chi connectivity index (χ4n) is 2.41. The summed E-state index contributed by atoms with van der Waals surface area (Å²) in [5, 5.41) is 5.75. The van der Waals surface area contributed by atoms with Crippen molar-refractivity contribution >= 4 is 6.03 Å². The minimum atomic E-state index is -0.203. The molecule has 0 saturated heterocycles. The molecular formula is C18H25N5O. The van der Waals surface area contributed by atoms with Crippen molar-refractivity contribution < 1.29 is 4.79 Å². The second kappa shape index (κ2) is 8.40. The molecule has 1 heterocycles. The topological polar surface area (TPSA) is 70.1 Å². The van der Waals surface area contributed by atoms with E-state index in [0.29, 0.717) is 18.9 Å². The van der Waals surface area contributed by atoms with Crippen LogP contribution in [0.15, 0.2) is 36.5 Å². The van der Waals surface area contributed by atoms with E-state index in [1.807, 2.05) is 21.0 Å². The number of carbonyl (C=O) groups excluding carboxylic acids is 1. The van der Waals surface area contributed by atoms with Crippen LogP contribution in [0.1, 0.15) is 28.7 Å². The smallest absolute Gasteiger partial charge is 0.315 e. The maximum Gasteiger partial charge on any atom is 0.315 e. The predicted molar refractivity (Wildman–Crippen MR) is 94.6 cm³/mol. The molecule has 128 valence electrons. The van der Waals surface area contributed by atoms with Crippen molar-refractivity contribution in [3.63, 3.8) is 0 Å². The summed E-state index contributed by atoms with van der Waals surface area (Å²) in [6.45, 7) is 4.80. The largest absolute Gasteiger partial charge is 0.336 e. The highest BCUT2D eigenvalue weighted by Gasteiger charge is 2.15. The maximum atomic E-state index is 12.0. The van der Waals surface area contributed by atoms with Crippen molar-refractivity contribution in [2.24, 2.45) is 0 Å². The van der Waals surface area contributed by atoms with Gasteiger partial charge in [-0.25, -0.2) is 14.8 Å². The normalized spacial score (nSPS) is 12.0. The van der Waals surface area contributed by atoms with E-state index < -0.39 is 0 Å². The van der Waals surface area contributed by atoms with Crippen molar-refractivity contribution in [2.75, 3.05) is 20.6 Å². The number of carbonyl (C=O) groups is 1. The zero-order chi connectivity index (χ0) is 17.5. The molecule has 6 nitrogen and oxygen atoms in total. The summed E-state index contributed by atoms with van der Waals surface area (Å²) in [4.78, 5) is 22.4. The first-order valence-electron chi connectivity index (χ1n) is 7.99. The monoisotopic (exact) mass is 327 g/mol. The van der Waals surface area contributed by atoms with Gasteiger partial charge in [-0.15, -0.1) is 0 Å². The number of amides is 2. The second-order valence-electron chi connectivity index (χ2n) is 6.05. The third-order valence-electron chi connectivity index (χ3n) is 3.81. The van der Waals surface area contributed by atoms with Crippen LogP contribution < -0.4 is 10.6 Å². The van der Waals surface area contributed by atoms with E-state index >= 15 is 0 Å². The third kappa shape index (κ3) is 5.31. The molecule has 2 aromatic rings. The van der Waals surface area contributed by atoms with Crippen LogP contribution in [0.3, 0.4) is 0 Å². The first-order valence-corrected chi connectivity index (χ1v) is 7.99. The van der Waals surface area contributed by atoms with Crippen molar-refractivity contribution in [1.29, 1.82) is 0 Å². The quantitative estimate of drug-likeness (QED) is 0.853. The van der Waals surface area contributed by atoms with Gasteiger partial charge in [0.15, 0.2) is 0 Å². The lowest BCUT2D eigenvalue weighted by Crippen LogP contribution is -2.40. The van der Waals surface area contributed by atoms with Gasteiger partial charge in [-0.2, -0.15) is 0 Å². The van der Waals surface area contributed by atoms with E-state index in [4.69, 9.17) is 0 Å². The number of likely N-dealkylation sites (N-methyl/N-ethyl adjacent to an activating group) is 1. The molecule has 6 heteroatoms.